The van der Waals surface area contributed by atoms with E-state index in [-0.39, 0.29) is 0 Å². The minimum absolute atomic E-state index is 0.691. The summed E-state index contributed by atoms with van der Waals surface area (Å²) in [4.78, 5) is 11.3. The molecule has 1 fully saturated rings. The molecule has 1 saturated carbocycles. The van der Waals surface area contributed by atoms with Gasteiger partial charge in [0.25, 0.3) is 0 Å². The van der Waals surface area contributed by atoms with E-state index in [0.717, 1.165) is 16.7 Å². The molecule has 1 aliphatic carbocycles. The Bertz CT molecular complexity index is 445. The highest BCUT2D eigenvalue weighted by Crippen LogP contribution is 2.52. The number of methoxy groups -OCH3 is 1. The minimum Gasteiger partial charge on any atom is -0.496 e. The molecule has 0 spiro atoms. The van der Waals surface area contributed by atoms with Gasteiger partial charge in [-0.2, -0.15) is 0 Å². The van der Waals surface area contributed by atoms with Gasteiger partial charge in [-0.1, -0.05) is 6.07 Å². The van der Waals surface area contributed by atoms with Crippen LogP contribution in [0.15, 0.2) is 12.1 Å². The Morgan fingerprint density at radius 1 is 1.38 bits per heavy atom. The van der Waals surface area contributed by atoms with Gasteiger partial charge in [-0.05, 0) is 43.9 Å². The number of carbonyl (C=O) groups is 1. The number of hydrogen-bond acceptors (Lipinski definition) is 2. The standard InChI is InChI=1S/C13H16O3/c1-8-6-9(2)11(10(7-8)16-3)13(4-5-13)12(14)15/h6-7H,4-5H2,1-3H3,(H,14,15). The number of carboxylic acids is 1. The Kier molecular flexibility index (Phi) is 2.41. The number of rotatable bonds is 3. The number of carboxylic acid groups (broad SMARTS) is 1. The molecule has 1 aliphatic rings. The van der Waals surface area contributed by atoms with Gasteiger partial charge < -0.3 is 9.84 Å². The quantitative estimate of drug-likeness (QED) is 0.851. The molecule has 0 amide bonds. The molecular formula is C13H16O3. The van der Waals surface area contributed by atoms with Crippen LogP contribution < -0.4 is 4.74 Å². The van der Waals surface area contributed by atoms with E-state index in [4.69, 9.17) is 4.74 Å². The fourth-order valence-electron chi connectivity index (χ4n) is 2.40. The van der Waals surface area contributed by atoms with Gasteiger partial charge in [0, 0.05) is 5.56 Å². The Morgan fingerprint density at radius 3 is 2.44 bits per heavy atom. The summed E-state index contributed by atoms with van der Waals surface area (Å²) in [6.45, 7) is 3.94. The molecular weight excluding hydrogens is 204 g/mol. The van der Waals surface area contributed by atoms with Crippen molar-refractivity contribution in [2.45, 2.75) is 32.1 Å². The van der Waals surface area contributed by atoms with Crippen LogP contribution in [0.4, 0.5) is 0 Å². The summed E-state index contributed by atoms with van der Waals surface area (Å²) in [5.41, 5.74) is 2.27. The molecule has 1 aromatic carbocycles. The Morgan fingerprint density at radius 2 is 2.00 bits per heavy atom. The lowest BCUT2D eigenvalue weighted by Crippen LogP contribution is -2.21. The molecule has 0 aromatic heterocycles. The lowest BCUT2D eigenvalue weighted by atomic mass is 9.90. The van der Waals surface area contributed by atoms with Crippen LogP contribution in [0.1, 0.15) is 29.5 Å². The number of aryl methyl sites for hydroxylation is 2. The molecule has 2 rings (SSSR count). The SMILES string of the molecule is COc1cc(C)cc(C)c1C1(C(=O)O)CC1. The Labute approximate surface area is 95.0 Å². The molecule has 1 N–H and O–H groups in total. The average Bonchev–Trinajstić information content (AvgIpc) is 2.97. The third kappa shape index (κ3) is 1.47. The largest absolute Gasteiger partial charge is 0.496 e. The number of hydrogen-bond donors (Lipinski definition) is 1. The second kappa shape index (κ2) is 3.51. The highest BCUT2D eigenvalue weighted by Gasteiger charge is 2.54. The fourth-order valence-corrected chi connectivity index (χ4v) is 2.40. The normalized spacial score (nSPS) is 16.9. The van der Waals surface area contributed by atoms with Crippen molar-refractivity contribution >= 4 is 5.97 Å². The van der Waals surface area contributed by atoms with Gasteiger partial charge in [0.05, 0.1) is 12.5 Å². The van der Waals surface area contributed by atoms with Crippen LogP contribution in [-0.2, 0) is 10.2 Å². The molecule has 3 nitrogen and oxygen atoms in total. The van der Waals surface area contributed by atoms with Gasteiger partial charge in [0.2, 0.25) is 0 Å². The smallest absolute Gasteiger partial charge is 0.314 e. The van der Waals surface area contributed by atoms with E-state index >= 15 is 0 Å². The molecule has 0 radical (unpaired) electrons. The summed E-state index contributed by atoms with van der Waals surface area (Å²) in [5, 5.41) is 9.32. The van der Waals surface area contributed by atoms with E-state index in [1.807, 2.05) is 26.0 Å². The molecule has 0 aliphatic heterocycles. The van der Waals surface area contributed by atoms with Crippen molar-refractivity contribution < 1.29 is 14.6 Å². The van der Waals surface area contributed by atoms with Gasteiger partial charge in [0.1, 0.15) is 5.75 Å². The van der Waals surface area contributed by atoms with Crippen molar-refractivity contribution in [1.29, 1.82) is 0 Å². The van der Waals surface area contributed by atoms with Gasteiger partial charge in [-0.15, -0.1) is 0 Å². The van der Waals surface area contributed by atoms with Crippen molar-refractivity contribution in [2.75, 3.05) is 7.11 Å². The molecule has 0 heterocycles. The molecule has 0 unspecified atom stereocenters. The monoisotopic (exact) mass is 220 g/mol. The van der Waals surface area contributed by atoms with E-state index in [9.17, 15) is 9.90 Å². The lowest BCUT2D eigenvalue weighted by Gasteiger charge is -2.18. The molecule has 16 heavy (non-hydrogen) atoms. The zero-order valence-electron chi connectivity index (χ0n) is 9.83. The van der Waals surface area contributed by atoms with E-state index in [1.54, 1.807) is 7.11 Å². The van der Waals surface area contributed by atoms with Gasteiger partial charge in [0.15, 0.2) is 0 Å². The highest BCUT2D eigenvalue weighted by molar-refractivity contribution is 5.86. The van der Waals surface area contributed by atoms with Crippen molar-refractivity contribution in [3.8, 4) is 5.75 Å². The summed E-state index contributed by atoms with van der Waals surface area (Å²) < 4.78 is 5.32. The van der Waals surface area contributed by atoms with Crippen LogP contribution in [0.25, 0.3) is 0 Å². The van der Waals surface area contributed by atoms with Crippen LogP contribution >= 0.6 is 0 Å². The topological polar surface area (TPSA) is 46.5 Å². The zero-order chi connectivity index (χ0) is 11.9. The lowest BCUT2D eigenvalue weighted by molar-refractivity contribution is -0.140. The Balaban J connectivity index is 2.60. The van der Waals surface area contributed by atoms with Crippen LogP contribution in [0.2, 0.25) is 0 Å². The summed E-state index contributed by atoms with van der Waals surface area (Å²) >= 11 is 0. The molecule has 0 atom stereocenters. The van der Waals surface area contributed by atoms with Gasteiger partial charge >= 0.3 is 5.97 Å². The summed E-state index contributed by atoms with van der Waals surface area (Å²) in [6.07, 6.45) is 1.42. The second-order valence-electron chi connectivity index (χ2n) is 4.55. The predicted molar refractivity (Wildman–Crippen MR) is 61.0 cm³/mol. The van der Waals surface area contributed by atoms with Gasteiger partial charge in [-0.3, -0.25) is 4.79 Å². The molecule has 0 bridgehead atoms. The predicted octanol–water partition coefficient (Wildman–Crippen LogP) is 2.43. The number of ether oxygens (including phenoxy) is 1. The maximum Gasteiger partial charge on any atom is 0.314 e. The number of aliphatic carboxylic acids is 1. The van der Waals surface area contributed by atoms with Crippen LogP contribution in [0, 0.1) is 13.8 Å². The fraction of sp³-hybridized carbons (Fsp3) is 0.462. The molecule has 1 aromatic rings. The van der Waals surface area contributed by atoms with Gasteiger partial charge in [-0.25, -0.2) is 0 Å². The van der Waals surface area contributed by atoms with E-state index in [0.29, 0.717) is 18.6 Å². The van der Waals surface area contributed by atoms with Crippen molar-refractivity contribution in [1.82, 2.24) is 0 Å². The van der Waals surface area contributed by atoms with Crippen molar-refractivity contribution in [3.63, 3.8) is 0 Å². The maximum absolute atomic E-state index is 11.3. The van der Waals surface area contributed by atoms with Crippen molar-refractivity contribution in [3.05, 3.63) is 28.8 Å². The molecule has 0 saturated heterocycles. The molecule has 86 valence electrons. The maximum atomic E-state index is 11.3. The zero-order valence-corrected chi connectivity index (χ0v) is 9.83. The average molecular weight is 220 g/mol. The first kappa shape index (κ1) is 11.0. The van der Waals surface area contributed by atoms with E-state index in [2.05, 4.69) is 0 Å². The van der Waals surface area contributed by atoms with Crippen molar-refractivity contribution in [2.24, 2.45) is 0 Å². The van der Waals surface area contributed by atoms with Crippen LogP contribution in [0.3, 0.4) is 0 Å². The first-order valence-electron chi connectivity index (χ1n) is 5.40. The Hall–Kier alpha value is -1.51. The third-order valence-corrected chi connectivity index (χ3v) is 3.30. The van der Waals surface area contributed by atoms with E-state index < -0.39 is 11.4 Å². The van der Waals surface area contributed by atoms with Crippen LogP contribution in [0.5, 0.6) is 5.75 Å². The van der Waals surface area contributed by atoms with Crippen LogP contribution in [-0.4, -0.2) is 18.2 Å². The summed E-state index contributed by atoms with van der Waals surface area (Å²) in [5.74, 6) is -0.0323. The summed E-state index contributed by atoms with van der Waals surface area (Å²) in [7, 11) is 1.59. The number of benzene rings is 1. The minimum atomic E-state index is -0.738. The first-order chi connectivity index (χ1) is 7.51. The van der Waals surface area contributed by atoms with E-state index in [1.165, 1.54) is 0 Å². The summed E-state index contributed by atoms with van der Waals surface area (Å²) in [6, 6.07) is 3.92. The second-order valence-corrected chi connectivity index (χ2v) is 4.55. The first-order valence-corrected chi connectivity index (χ1v) is 5.40. The molecule has 3 heteroatoms. The third-order valence-electron chi connectivity index (χ3n) is 3.30. The highest BCUT2D eigenvalue weighted by atomic mass is 16.5.